The van der Waals surface area contributed by atoms with E-state index >= 15 is 0 Å². The van der Waals surface area contributed by atoms with Crippen molar-refractivity contribution in [3.63, 3.8) is 0 Å². The van der Waals surface area contributed by atoms with Crippen molar-refractivity contribution < 1.29 is 4.79 Å². The molecule has 1 amide bonds. The van der Waals surface area contributed by atoms with E-state index in [2.05, 4.69) is 35.9 Å². The van der Waals surface area contributed by atoms with Gasteiger partial charge in [0.2, 0.25) is 5.91 Å². The Kier molecular flexibility index (Phi) is 4.18. The van der Waals surface area contributed by atoms with Gasteiger partial charge >= 0.3 is 0 Å². The van der Waals surface area contributed by atoms with E-state index in [1.807, 2.05) is 6.92 Å². The number of amides is 1. The maximum Gasteiger partial charge on any atom is 0.237 e. The first kappa shape index (κ1) is 15.0. The third-order valence-electron chi connectivity index (χ3n) is 4.65. The molecule has 3 N–H and O–H groups in total. The predicted octanol–water partition coefficient (Wildman–Crippen LogP) is 1.62. The lowest BCUT2D eigenvalue weighted by atomic mass is 9.96. The van der Waals surface area contributed by atoms with Crippen LogP contribution in [0.2, 0.25) is 0 Å². The van der Waals surface area contributed by atoms with Crippen LogP contribution in [0.15, 0.2) is 0 Å². The zero-order valence-corrected chi connectivity index (χ0v) is 13.0. The molecule has 112 valence electrons. The Bertz CT molecular complexity index is 508. The number of rotatable bonds is 5. The molecule has 0 radical (unpaired) electrons. The number of likely N-dealkylation sites (N-methyl/N-ethyl adjacent to an activating group) is 1. The summed E-state index contributed by atoms with van der Waals surface area (Å²) < 4.78 is 2.11. The van der Waals surface area contributed by atoms with Crippen LogP contribution in [0.3, 0.4) is 0 Å². The molecule has 5 heteroatoms. The highest BCUT2D eigenvalue weighted by Gasteiger charge is 2.44. The van der Waals surface area contributed by atoms with Crippen LogP contribution >= 0.6 is 0 Å². The minimum Gasteiger partial charge on any atom is -0.368 e. The van der Waals surface area contributed by atoms with Crippen molar-refractivity contribution >= 4 is 5.91 Å². The van der Waals surface area contributed by atoms with Gasteiger partial charge in [0.05, 0.1) is 17.3 Å². The molecule has 1 heterocycles. The number of aromatic nitrogens is 2. The fourth-order valence-electron chi connectivity index (χ4n) is 3.60. The molecule has 20 heavy (non-hydrogen) atoms. The Balaban J connectivity index is 2.27. The highest BCUT2D eigenvalue weighted by Crippen LogP contribution is 2.38. The van der Waals surface area contributed by atoms with E-state index < -0.39 is 5.54 Å². The van der Waals surface area contributed by atoms with Gasteiger partial charge in [0.15, 0.2) is 0 Å². The molecule has 2 rings (SSSR count). The molecule has 1 fully saturated rings. The number of hydrogen-bond donors (Lipinski definition) is 2. The van der Waals surface area contributed by atoms with E-state index in [0.717, 1.165) is 37.9 Å². The Morgan fingerprint density at radius 3 is 2.70 bits per heavy atom. The third-order valence-corrected chi connectivity index (χ3v) is 4.65. The first-order valence-corrected chi connectivity index (χ1v) is 7.54. The molecule has 2 atom stereocenters. The number of carbonyl (C=O) groups excluding carboxylic acids is 1. The second kappa shape index (κ2) is 5.56. The number of primary amides is 1. The van der Waals surface area contributed by atoms with Gasteiger partial charge in [-0.15, -0.1) is 0 Å². The topological polar surface area (TPSA) is 72.9 Å². The molecule has 5 nitrogen and oxygen atoms in total. The van der Waals surface area contributed by atoms with Crippen LogP contribution in [-0.4, -0.2) is 27.8 Å². The van der Waals surface area contributed by atoms with Crippen LogP contribution in [0.25, 0.3) is 0 Å². The monoisotopic (exact) mass is 278 g/mol. The molecule has 2 unspecified atom stereocenters. The maximum atomic E-state index is 11.8. The van der Waals surface area contributed by atoms with Gasteiger partial charge in [0.1, 0.15) is 0 Å². The average molecular weight is 278 g/mol. The van der Waals surface area contributed by atoms with Crippen LogP contribution in [0.1, 0.15) is 56.1 Å². The summed E-state index contributed by atoms with van der Waals surface area (Å²) in [5.41, 5.74) is 8.72. The zero-order valence-electron chi connectivity index (χ0n) is 13.0. The SMILES string of the molecule is CCNC1(C(N)=O)CCC(n2nc(C)c(CC)c2C)C1. The van der Waals surface area contributed by atoms with Crippen LogP contribution in [0, 0.1) is 13.8 Å². The normalized spacial score (nSPS) is 26.1. The Morgan fingerprint density at radius 1 is 1.50 bits per heavy atom. The van der Waals surface area contributed by atoms with Crippen LogP contribution < -0.4 is 11.1 Å². The van der Waals surface area contributed by atoms with E-state index in [-0.39, 0.29) is 11.9 Å². The molecule has 1 aromatic rings. The minimum atomic E-state index is -0.557. The van der Waals surface area contributed by atoms with Crippen molar-refractivity contribution in [1.29, 1.82) is 0 Å². The summed E-state index contributed by atoms with van der Waals surface area (Å²) in [6.45, 7) is 9.10. The van der Waals surface area contributed by atoms with Crippen LogP contribution in [0.5, 0.6) is 0 Å². The van der Waals surface area contributed by atoms with E-state index in [4.69, 9.17) is 5.73 Å². The van der Waals surface area contributed by atoms with Gasteiger partial charge in [-0.25, -0.2) is 0 Å². The lowest BCUT2D eigenvalue weighted by Crippen LogP contribution is -2.53. The molecule has 1 aromatic heterocycles. The Hall–Kier alpha value is -1.36. The number of aryl methyl sites for hydroxylation is 1. The van der Waals surface area contributed by atoms with E-state index in [1.54, 1.807) is 0 Å². The van der Waals surface area contributed by atoms with E-state index in [9.17, 15) is 4.79 Å². The molecule has 0 aliphatic heterocycles. The van der Waals surface area contributed by atoms with Crippen molar-refractivity contribution in [3.05, 3.63) is 17.0 Å². The van der Waals surface area contributed by atoms with Crippen molar-refractivity contribution in [2.45, 2.75) is 65.0 Å². The van der Waals surface area contributed by atoms with Gasteiger partial charge in [-0.2, -0.15) is 5.10 Å². The predicted molar refractivity (Wildman–Crippen MR) is 79.6 cm³/mol. The minimum absolute atomic E-state index is 0.237. The smallest absolute Gasteiger partial charge is 0.237 e. The highest BCUT2D eigenvalue weighted by molar-refractivity contribution is 5.85. The fourth-order valence-corrected chi connectivity index (χ4v) is 3.60. The summed E-state index contributed by atoms with van der Waals surface area (Å²) in [6.07, 6.45) is 3.47. The van der Waals surface area contributed by atoms with Crippen LogP contribution in [-0.2, 0) is 11.2 Å². The van der Waals surface area contributed by atoms with Crippen molar-refractivity contribution in [1.82, 2.24) is 15.1 Å². The molecular formula is C15H26N4O. The summed E-state index contributed by atoms with van der Waals surface area (Å²) >= 11 is 0. The van der Waals surface area contributed by atoms with Gasteiger partial charge < -0.3 is 11.1 Å². The maximum absolute atomic E-state index is 11.8. The van der Waals surface area contributed by atoms with Crippen LogP contribution in [0.4, 0.5) is 0 Å². The Labute approximate surface area is 120 Å². The number of nitrogens with one attached hydrogen (secondary N) is 1. The molecule has 0 saturated heterocycles. The molecule has 1 aliphatic carbocycles. The summed E-state index contributed by atoms with van der Waals surface area (Å²) in [4.78, 5) is 11.8. The largest absolute Gasteiger partial charge is 0.368 e. The Morgan fingerprint density at radius 2 is 2.20 bits per heavy atom. The summed E-state index contributed by atoms with van der Waals surface area (Å²) in [6, 6.07) is 0.264. The number of nitrogens with two attached hydrogens (primary N) is 1. The summed E-state index contributed by atoms with van der Waals surface area (Å²) in [5, 5.41) is 7.98. The summed E-state index contributed by atoms with van der Waals surface area (Å²) in [5.74, 6) is -0.237. The van der Waals surface area contributed by atoms with Gasteiger partial charge in [-0.05, 0) is 51.6 Å². The lowest BCUT2D eigenvalue weighted by Gasteiger charge is -2.26. The molecule has 1 saturated carbocycles. The first-order chi connectivity index (χ1) is 9.45. The first-order valence-electron chi connectivity index (χ1n) is 7.54. The highest BCUT2D eigenvalue weighted by atomic mass is 16.1. The average Bonchev–Trinajstić information content (AvgIpc) is 2.93. The molecule has 0 spiro atoms. The second-order valence-electron chi connectivity index (χ2n) is 5.82. The van der Waals surface area contributed by atoms with Crippen molar-refractivity contribution in [2.75, 3.05) is 6.54 Å². The van der Waals surface area contributed by atoms with Crippen molar-refractivity contribution in [2.24, 2.45) is 5.73 Å². The number of nitrogens with zero attached hydrogens (tertiary/aromatic N) is 2. The quantitative estimate of drug-likeness (QED) is 0.859. The summed E-state index contributed by atoms with van der Waals surface area (Å²) in [7, 11) is 0. The van der Waals surface area contributed by atoms with Gasteiger partial charge in [0, 0.05) is 5.69 Å². The third kappa shape index (κ3) is 2.35. The van der Waals surface area contributed by atoms with Gasteiger partial charge in [-0.3, -0.25) is 9.48 Å². The van der Waals surface area contributed by atoms with E-state index in [0.29, 0.717) is 0 Å². The number of carbonyl (C=O) groups is 1. The van der Waals surface area contributed by atoms with Gasteiger partial charge in [-0.1, -0.05) is 13.8 Å². The van der Waals surface area contributed by atoms with Gasteiger partial charge in [0.25, 0.3) is 0 Å². The number of hydrogen-bond acceptors (Lipinski definition) is 3. The standard InChI is InChI=1S/C15H26N4O/c1-5-13-10(3)18-19(11(13)4)12-7-8-15(9-12,14(16)20)17-6-2/h12,17H,5-9H2,1-4H3,(H2,16,20). The second-order valence-corrected chi connectivity index (χ2v) is 5.82. The molecular weight excluding hydrogens is 252 g/mol. The zero-order chi connectivity index (χ0) is 14.9. The van der Waals surface area contributed by atoms with Crippen molar-refractivity contribution in [3.8, 4) is 0 Å². The molecule has 0 bridgehead atoms. The molecule has 1 aliphatic rings. The molecule has 0 aromatic carbocycles. The van der Waals surface area contributed by atoms with E-state index in [1.165, 1.54) is 11.3 Å². The lowest BCUT2D eigenvalue weighted by molar-refractivity contribution is -0.124. The fraction of sp³-hybridized carbons (Fsp3) is 0.733.